The highest BCUT2D eigenvalue weighted by Gasteiger charge is 2.26. The van der Waals surface area contributed by atoms with Gasteiger partial charge in [0, 0.05) is 5.56 Å². The third-order valence-corrected chi connectivity index (χ3v) is 4.09. The van der Waals surface area contributed by atoms with Crippen LogP contribution in [0, 0.1) is 5.82 Å². The van der Waals surface area contributed by atoms with Crippen molar-refractivity contribution in [2.75, 3.05) is 0 Å². The molecule has 3 rings (SSSR count). The molecule has 118 valence electrons. The highest BCUT2D eigenvalue weighted by Crippen LogP contribution is 2.31. The summed E-state index contributed by atoms with van der Waals surface area (Å²) in [6, 6.07) is 13.0. The maximum absolute atomic E-state index is 12.8. The van der Waals surface area contributed by atoms with Gasteiger partial charge in [-0.25, -0.2) is 4.39 Å². The van der Waals surface area contributed by atoms with E-state index in [4.69, 9.17) is 0 Å². The van der Waals surface area contributed by atoms with Crippen molar-refractivity contribution >= 4 is 11.8 Å². The first kappa shape index (κ1) is 15.2. The van der Waals surface area contributed by atoms with Crippen molar-refractivity contribution in [3.8, 4) is 0 Å². The zero-order valence-corrected chi connectivity index (χ0v) is 12.5. The van der Waals surface area contributed by atoms with Crippen molar-refractivity contribution in [2.45, 2.75) is 25.2 Å². The van der Waals surface area contributed by atoms with Crippen molar-refractivity contribution < 1.29 is 14.0 Å². The fourth-order valence-corrected chi connectivity index (χ4v) is 2.91. The second-order valence-electron chi connectivity index (χ2n) is 5.59. The monoisotopic (exact) mass is 312 g/mol. The smallest absolute Gasteiger partial charge is 0.269 e. The van der Waals surface area contributed by atoms with Crippen LogP contribution >= 0.6 is 0 Å². The lowest BCUT2D eigenvalue weighted by Gasteiger charge is -2.24. The highest BCUT2D eigenvalue weighted by atomic mass is 19.1. The lowest BCUT2D eigenvalue weighted by atomic mass is 9.82. The van der Waals surface area contributed by atoms with Crippen LogP contribution in [0.5, 0.6) is 0 Å². The summed E-state index contributed by atoms with van der Waals surface area (Å²) in [5.41, 5.74) is 7.35. The summed E-state index contributed by atoms with van der Waals surface area (Å²) >= 11 is 0. The van der Waals surface area contributed by atoms with Crippen LogP contribution in [0.3, 0.4) is 0 Å². The van der Waals surface area contributed by atoms with Gasteiger partial charge in [-0.15, -0.1) is 0 Å². The first-order chi connectivity index (χ1) is 11.1. The SMILES string of the molecule is O=C(NNC(=O)[C@@H]1CCCc2ccccc21)c1ccc(F)cc1. The number of rotatable bonds is 2. The zero-order chi connectivity index (χ0) is 16.2. The third kappa shape index (κ3) is 3.39. The minimum absolute atomic E-state index is 0.229. The van der Waals surface area contributed by atoms with E-state index >= 15 is 0 Å². The van der Waals surface area contributed by atoms with Gasteiger partial charge in [0.1, 0.15) is 5.82 Å². The average molecular weight is 312 g/mol. The van der Waals surface area contributed by atoms with Crippen molar-refractivity contribution in [3.63, 3.8) is 0 Å². The van der Waals surface area contributed by atoms with Crippen molar-refractivity contribution in [2.24, 2.45) is 0 Å². The number of halogens is 1. The molecule has 0 saturated heterocycles. The molecule has 1 aliphatic carbocycles. The predicted octanol–water partition coefficient (Wildman–Crippen LogP) is 2.71. The molecule has 0 unspecified atom stereocenters. The zero-order valence-electron chi connectivity index (χ0n) is 12.5. The van der Waals surface area contributed by atoms with Crippen LogP contribution in [-0.2, 0) is 11.2 Å². The largest absolute Gasteiger partial charge is 0.273 e. The van der Waals surface area contributed by atoms with E-state index in [1.165, 1.54) is 29.8 Å². The molecule has 0 aliphatic heterocycles. The number of carbonyl (C=O) groups is 2. The number of nitrogens with one attached hydrogen (secondary N) is 2. The molecule has 0 radical (unpaired) electrons. The van der Waals surface area contributed by atoms with Crippen LogP contribution in [0.25, 0.3) is 0 Å². The van der Waals surface area contributed by atoms with E-state index in [2.05, 4.69) is 10.9 Å². The van der Waals surface area contributed by atoms with E-state index in [-0.39, 0.29) is 17.4 Å². The molecule has 2 aromatic carbocycles. The molecular weight excluding hydrogens is 295 g/mol. The number of carbonyl (C=O) groups excluding carboxylic acids is 2. The number of hydrazine groups is 1. The van der Waals surface area contributed by atoms with Gasteiger partial charge >= 0.3 is 0 Å². The average Bonchev–Trinajstić information content (AvgIpc) is 2.59. The number of benzene rings is 2. The Morgan fingerprint density at radius 1 is 1.00 bits per heavy atom. The van der Waals surface area contributed by atoms with Gasteiger partial charge in [-0.05, 0) is 54.7 Å². The normalized spacial score (nSPS) is 16.3. The molecular formula is C18H17FN2O2. The Morgan fingerprint density at radius 2 is 1.74 bits per heavy atom. The van der Waals surface area contributed by atoms with Gasteiger partial charge in [0.25, 0.3) is 5.91 Å². The maximum atomic E-state index is 12.8. The van der Waals surface area contributed by atoms with Crippen LogP contribution in [0.2, 0.25) is 0 Å². The van der Waals surface area contributed by atoms with Crippen LogP contribution in [-0.4, -0.2) is 11.8 Å². The molecule has 5 heteroatoms. The first-order valence-electron chi connectivity index (χ1n) is 7.59. The topological polar surface area (TPSA) is 58.2 Å². The Bertz CT molecular complexity index is 728. The Labute approximate surface area is 133 Å². The van der Waals surface area contributed by atoms with Gasteiger partial charge in [0.05, 0.1) is 5.92 Å². The summed E-state index contributed by atoms with van der Waals surface area (Å²) in [6.45, 7) is 0. The van der Waals surface area contributed by atoms with Crippen molar-refractivity contribution in [1.29, 1.82) is 0 Å². The summed E-state index contributed by atoms with van der Waals surface area (Å²) in [6.07, 6.45) is 2.68. The molecule has 0 aromatic heterocycles. The molecule has 0 spiro atoms. The summed E-state index contributed by atoms with van der Waals surface area (Å²) in [7, 11) is 0. The molecule has 1 atom stereocenters. The first-order valence-corrected chi connectivity index (χ1v) is 7.59. The molecule has 0 saturated carbocycles. The number of hydrogen-bond acceptors (Lipinski definition) is 2. The minimum Gasteiger partial charge on any atom is -0.273 e. The third-order valence-electron chi connectivity index (χ3n) is 4.09. The Balaban J connectivity index is 1.64. The maximum Gasteiger partial charge on any atom is 0.269 e. The number of amides is 2. The van der Waals surface area contributed by atoms with Gasteiger partial charge in [0.2, 0.25) is 5.91 Å². The Morgan fingerprint density at radius 3 is 2.52 bits per heavy atom. The fourth-order valence-electron chi connectivity index (χ4n) is 2.91. The molecule has 4 nitrogen and oxygen atoms in total. The van der Waals surface area contributed by atoms with Gasteiger partial charge in [0.15, 0.2) is 0 Å². The van der Waals surface area contributed by atoms with E-state index in [0.717, 1.165) is 24.8 Å². The minimum atomic E-state index is -0.470. The van der Waals surface area contributed by atoms with Crippen molar-refractivity contribution in [3.05, 3.63) is 71.0 Å². The summed E-state index contributed by atoms with van der Waals surface area (Å²) < 4.78 is 12.8. The quantitative estimate of drug-likeness (QED) is 0.838. The lowest BCUT2D eigenvalue weighted by molar-refractivity contribution is -0.123. The Hall–Kier alpha value is -2.69. The van der Waals surface area contributed by atoms with Gasteiger partial charge in [-0.2, -0.15) is 0 Å². The second kappa shape index (κ2) is 6.60. The van der Waals surface area contributed by atoms with Crippen molar-refractivity contribution in [1.82, 2.24) is 10.9 Å². The number of aryl methyl sites for hydroxylation is 1. The van der Waals surface area contributed by atoms with E-state index in [9.17, 15) is 14.0 Å². The standard InChI is InChI=1S/C18H17FN2O2/c19-14-10-8-13(9-11-14)17(22)20-21-18(23)16-7-3-5-12-4-1-2-6-15(12)16/h1-2,4,6,8-11,16H,3,5,7H2,(H,20,22)(H,21,23)/t16-/m1/s1. The van der Waals surface area contributed by atoms with Gasteiger partial charge in [-0.3, -0.25) is 20.4 Å². The summed E-state index contributed by atoms with van der Waals surface area (Å²) in [4.78, 5) is 24.3. The van der Waals surface area contributed by atoms with E-state index in [0.29, 0.717) is 0 Å². The molecule has 0 fully saturated rings. The van der Waals surface area contributed by atoms with Crippen LogP contribution < -0.4 is 10.9 Å². The Kier molecular flexibility index (Phi) is 4.37. The second-order valence-corrected chi connectivity index (χ2v) is 5.59. The lowest BCUT2D eigenvalue weighted by Crippen LogP contribution is -2.44. The number of hydrogen-bond donors (Lipinski definition) is 2. The van der Waals surface area contributed by atoms with Crippen LogP contribution in [0.15, 0.2) is 48.5 Å². The van der Waals surface area contributed by atoms with E-state index in [1.54, 1.807) is 0 Å². The van der Waals surface area contributed by atoms with E-state index < -0.39 is 11.7 Å². The molecule has 2 aromatic rings. The van der Waals surface area contributed by atoms with Gasteiger partial charge in [-0.1, -0.05) is 24.3 Å². The molecule has 2 amide bonds. The van der Waals surface area contributed by atoms with E-state index in [1.807, 2.05) is 24.3 Å². The molecule has 1 aliphatic rings. The summed E-state index contributed by atoms with van der Waals surface area (Å²) in [5, 5.41) is 0. The molecule has 23 heavy (non-hydrogen) atoms. The molecule has 0 bridgehead atoms. The van der Waals surface area contributed by atoms with Gasteiger partial charge < -0.3 is 0 Å². The molecule has 0 heterocycles. The fraction of sp³-hybridized carbons (Fsp3) is 0.222. The number of fused-ring (bicyclic) bond motifs is 1. The molecule has 2 N–H and O–H groups in total. The van der Waals surface area contributed by atoms with Crippen LogP contribution in [0.1, 0.15) is 40.2 Å². The highest BCUT2D eigenvalue weighted by molar-refractivity contribution is 5.96. The predicted molar refractivity (Wildman–Crippen MR) is 84.1 cm³/mol. The van der Waals surface area contributed by atoms with Crippen LogP contribution in [0.4, 0.5) is 4.39 Å². The summed E-state index contributed by atoms with van der Waals surface area (Å²) in [5.74, 6) is -1.37.